The fourth-order valence-corrected chi connectivity index (χ4v) is 1.87. The van der Waals surface area contributed by atoms with Crippen LogP contribution in [0.1, 0.15) is 26.5 Å². The van der Waals surface area contributed by atoms with Crippen LogP contribution in [0, 0.1) is 11.3 Å². The number of nitrogens with one attached hydrogen (secondary N) is 2. The van der Waals surface area contributed by atoms with Crippen LogP contribution in [0.5, 0.6) is 0 Å². The van der Waals surface area contributed by atoms with Crippen LogP contribution in [-0.4, -0.2) is 37.1 Å². The van der Waals surface area contributed by atoms with E-state index in [9.17, 15) is 9.59 Å². The van der Waals surface area contributed by atoms with Gasteiger partial charge in [0.1, 0.15) is 11.4 Å². The van der Waals surface area contributed by atoms with Gasteiger partial charge in [0.15, 0.2) is 0 Å². The van der Waals surface area contributed by atoms with Crippen molar-refractivity contribution in [3.63, 3.8) is 0 Å². The van der Waals surface area contributed by atoms with Gasteiger partial charge in [-0.3, -0.25) is 9.59 Å². The molecule has 122 valence electrons. The molecule has 0 bridgehead atoms. The van der Waals surface area contributed by atoms with Gasteiger partial charge in [-0.25, -0.2) is 4.98 Å². The standard InChI is InChI=1S/C17H16N4O3/c1-24-10-9-19-16(22)14-3-2-4-15(21-14)17(23)20-13-7-5-12(11-18)6-8-13/h2-8H,9-10H2,1H3,(H,19,22)(H,20,23). The Hall–Kier alpha value is -3.24. The van der Waals surface area contributed by atoms with Crippen molar-refractivity contribution >= 4 is 17.5 Å². The van der Waals surface area contributed by atoms with E-state index in [0.717, 1.165) is 0 Å². The molecule has 7 nitrogen and oxygen atoms in total. The molecule has 0 aliphatic rings. The van der Waals surface area contributed by atoms with Crippen molar-refractivity contribution in [3.05, 3.63) is 59.4 Å². The first-order valence-electron chi connectivity index (χ1n) is 7.19. The first-order chi connectivity index (χ1) is 11.6. The van der Waals surface area contributed by atoms with E-state index in [4.69, 9.17) is 10.00 Å². The number of nitrogens with zero attached hydrogens (tertiary/aromatic N) is 2. The van der Waals surface area contributed by atoms with Crippen LogP contribution in [-0.2, 0) is 4.74 Å². The number of methoxy groups -OCH3 is 1. The van der Waals surface area contributed by atoms with E-state index in [2.05, 4.69) is 15.6 Å². The van der Waals surface area contributed by atoms with E-state index in [1.807, 2.05) is 6.07 Å². The Morgan fingerprint density at radius 2 is 1.79 bits per heavy atom. The summed E-state index contributed by atoms with van der Waals surface area (Å²) in [6.45, 7) is 0.753. The van der Waals surface area contributed by atoms with Crippen LogP contribution >= 0.6 is 0 Å². The van der Waals surface area contributed by atoms with Crippen LogP contribution in [0.4, 0.5) is 5.69 Å². The number of rotatable bonds is 6. The molecule has 1 aromatic heterocycles. The van der Waals surface area contributed by atoms with Crippen LogP contribution < -0.4 is 10.6 Å². The number of carbonyl (C=O) groups is 2. The van der Waals surface area contributed by atoms with E-state index in [1.165, 1.54) is 12.1 Å². The molecule has 0 aliphatic carbocycles. The summed E-state index contributed by atoms with van der Waals surface area (Å²) in [5.74, 6) is -0.814. The minimum absolute atomic E-state index is 0.124. The zero-order valence-corrected chi connectivity index (χ0v) is 13.1. The van der Waals surface area contributed by atoms with Gasteiger partial charge in [-0.05, 0) is 36.4 Å². The molecule has 1 aromatic carbocycles. The van der Waals surface area contributed by atoms with Crippen LogP contribution in [0.2, 0.25) is 0 Å². The highest BCUT2D eigenvalue weighted by atomic mass is 16.5. The second-order valence-electron chi connectivity index (χ2n) is 4.80. The number of amides is 2. The molecule has 1 heterocycles. The summed E-state index contributed by atoms with van der Waals surface area (Å²) in [4.78, 5) is 28.2. The summed E-state index contributed by atoms with van der Waals surface area (Å²) in [5, 5.41) is 14.1. The second-order valence-corrected chi connectivity index (χ2v) is 4.80. The van der Waals surface area contributed by atoms with Crippen LogP contribution in [0.3, 0.4) is 0 Å². The van der Waals surface area contributed by atoms with Crippen molar-refractivity contribution in [3.8, 4) is 6.07 Å². The highest BCUT2D eigenvalue weighted by molar-refractivity contribution is 6.03. The van der Waals surface area contributed by atoms with Gasteiger partial charge in [0.25, 0.3) is 11.8 Å². The molecule has 0 aliphatic heterocycles. The lowest BCUT2D eigenvalue weighted by atomic mass is 10.2. The van der Waals surface area contributed by atoms with E-state index >= 15 is 0 Å². The monoisotopic (exact) mass is 324 g/mol. The van der Waals surface area contributed by atoms with Crippen molar-refractivity contribution in [1.29, 1.82) is 5.26 Å². The number of carbonyl (C=O) groups excluding carboxylic acids is 2. The van der Waals surface area contributed by atoms with Crippen molar-refractivity contribution in [2.75, 3.05) is 25.6 Å². The Morgan fingerprint density at radius 1 is 1.12 bits per heavy atom. The van der Waals surface area contributed by atoms with Gasteiger partial charge in [0.05, 0.1) is 18.2 Å². The minimum Gasteiger partial charge on any atom is -0.383 e. The molecule has 2 aromatic rings. The maximum absolute atomic E-state index is 12.2. The lowest BCUT2D eigenvalue weighted by Crippen LogP contribution is -2.28. The third-order valence-corrected chi connectivity index (χ3v) is 3.08. The lowest BCUT2D eigenvalue weighted by molar-refractivity contribution is 0.0932. The molecule has 0 radical (unpaired) electrons. The molecule has 7 heteroatoms. The summed E-state index contributed by atoms with van der Waals surface area (Å²) in [6.07, 6.45) is 0. The Labute approximate surface area is 139 Å². The van der Waals surface area contributed by atoms with E-state index in [0.29, 0.717) is 24.4 Å². The Bertz CT molecular complexity index is 766. The van der Waals surface area contributed by atoms with Crippen LogP contribution in [0.15, 0.2) is 42.5 Å². The number of ether oxygens (including phenoxy) is 1. The van der Waals surface area contributed by atoms with Gasteiger partial charge in [-0.15, -0.1) is 0 Å². The molecular weight excluding hydrogens is 308 g/mol. The zero-order chi connectivity index (χ0) is 17.4. The molecule has 0 saturated heterocycles. The number of anilines is 1. The van der Waals surface area contributed by atoms with Gasteiger partial charge in [0.2, 0.25) is 0 Å². The average Bonchev–Trinajstić information content (AvgIpc) is 2.62. The average molecular weight is 324 g/mol. The summed E-state index contributed by atoms with van der Waals surface area (Å²) in [5.41, 5.74) is 1.31. The largest absolute Gasteiger partial charge is 0.383 e. The molecule has 0 spiro atoms. The third-order valence-electron chi connectivity index (χ3n) is 3.08. The fraction of sp³-hybridized carbons (Fsp3) is 0.176. The van der Waals surface area contributed by atoms with Crippen molar-refractivity contribution in [2.45, 2.75) is 0 Å². The Balaban J connectivity index is 2.05. The molecule has 0 fully saturated rings. The first kappa shape index (κ1) is 17.1. The number of nitriles is 1. The molecule has 2 amide bonds. The number of hydrogen-bond acceptors (Lipinski definition) is 5. The van der Waals surface area contributed by atoms with Crippen molar-refractivity contribution < 1.29 is 14.3 Å². The smallest absolute Gasteiger partial charge is 0.274 e. The van der Waals surface area contributed by atoms with Gasteiger partial charge in [0, 0.05) is 19.3 Å². The lowest BCUT2D eigenvalue weighted by Gasteiger charge is -2.07. The number of benzene rings is 1. The molecule has 0 atom stereocenters. The van der Waals surface area contributed by atoms with Crippen molar-refractivity contribution in [2.24, 2.45) is 0 Å². The number of pyridine rings is 1. The zero-order valence-electron chi connectivity index (χ0n) is 13.1. The minimum atomic E-state index is -0.439. The summed E-state index contributed by atoms with van der Waals surface area (Å²) in [7, 11) is 1.54. The topological polar surface area (TPSA) is 104 Å². The van der Waals surface area contributed by atoms with E-state index in [-0.39, 0.29) is 17.3 Å². The molecule has 24 heavy (non-hydrogen) atoms. The second kappa shape index (κ2) is 8.41. The normalized spacial score (nSPS) is 9.83. The number of hydrogen-bond donors (Lipinski definition) is 2. The van der Waals surface area contributed by atoms with Gasteiger partial charge in [-0.2, -0.15) is 5.26 Å². The van der Waals surface area contributed by atoms with Gasteiger partial charge in [-0.1, -0.05) is 6.07 Å². The van der Waals surface area contributed by atoms with Crippen molar-refractivity contribution in [1.82, 2.24) is 10.3 Å². The summed E-state index contributed by atoms with van der Waals surface area (Å²) in [6, 6.07) is 13.1. The highest BCUT2D eigenvalue weighted by Gasteiger charge is 2.12. The molecule has 0 saturated carbocycles. The quantitative estimate of drug-likeness (QED) is 0.785. The maximum Gasteiger partial charge on any atom is 0.274 e. The molecular formula is C17H16N4O3. The molecule has 2 rings (SSSR count). The SMILES string of the molecule is COCCNC(=O)c1cccc(C(=O)Nc2ccc(C#N)cc2)n1. The fourth-order valence-electron chi connectivity index (χ4n) is 1.87. The summed E-state index contributed by atoms with van der Waals surface area (Å²) >= 11 is 0. The maximum atomic E-state index is 12.2. The van der Waals surface area contributed by atoms with E-state index in [1.54, 1.807) is 37.4 Å². The Morgan fingerprint density at radius 3 is 2.42 bits per heavy atom. The van der Waals surface area contributed by atoms with Crippen LogP contribution in [0.25, 0.3) is 0 Å². The predicted molar refractivity (Wildman–Crippen MR) is 87.6 cm³/mol. The van der Waals surface area contributed by atoms with Gasteiger partial charge >= 0.3 is 0 Å². The first-order valence-corrected chi connectivity index (χ1v) is 7.19. The number of aromatic nitrogens is 1. The van der Waals surface area contributed by atoms with Gasteiger partial charge < -0.3 is 15.4 Å². The van der Waals surface area contributed by atoms with E-state index < -0.39 is 5.91 Å². The summed E-state index contributed by atoms with van der Waals surface area (Å²) < 4.78 is 4.85. The third kappa shape index (κ3) is 4.63. The molecule has 0 unspecified atom stereocenters. The Kier molecular flexibility index (Phi) is 6.00. The predicted octanol–water partition coefficient (Wildman–Crippen LogP) is 1.58. The molecule has 2 N–H and O–H groups in total. The highest BCUT2D eigenvalue weighted by Crippen LogP contribution is 2.10.